The summed E-state index contributed by atoms with van der Waals surface area (Å²) in [6, 6.07) is 81.9. The van der Waals surface area contributed by atoms with E-state index in [1.165, 1.54) is 0 Å². The summed E-state index contributed by atoms with van der Waals surface area (Å²) in [5, 5.41) is 17.8. The first-order valence-electron chi connectivity index (χ1n) is 23.7. The second kappa shape index (κ2) is 16.1. The van der Waals surface area contributed by atoms with E-state index in [9.17, 15) is 5.26 Å². The third-order valence-corrected chi connectivity index (χ3v) is 13.8. The van der Waals surface area contributed by atoms with E-state index < -0.39 is 0 Å². The Hall–Kier alpha value is -9.90. The van der Waals surface area contributed by atoms with Gasteiger partial charge in [0.1, 0.15) is 11.7 Å². The van der Waals surface area contributed by atoms with Crippen molar-refractivity contribution in [2.45, 2.75) is 0 Å². The molecule has 0 spiro atoms. The number of furan rings is 1. The first-order chi connectivity index (χ1) is 35.2. The smallest absolute Gasteiger partial charge is 0.164 e. The van der Waals surface area contributed by atoms with E-state index in [0.717, 1.165) is 110 Å². The second-order valence-corrected chi connectivity index (χ2v) is 17.8. The van der Waals surface area contributed by atoms with Crippen LogP contribution in [0.2, 0.25) is 0 Å². The average molecular weight is 907 g/mol. The lowest BCUT2D eigenvalue weighted by atomic mass is 9.99. The highest BCUT2D eigenvalue weighted by Crippen LogP contribution is 2.44. The fourth-order valence-electron chi connectivity index (χ4n) is 10.6. The molecule has 0 bridgehead atoms. The summed E-state index contributed by atoms with van der Waals surface area (Å²) in [5.74, 6) is 1.55. The molecule has 0 aliphatic carbocycles. The summed E-state index contributed by atoms with van der Waals surface area (Å²) in [7, 11) is 0. The van der Waals surface area contributed by atoms with E-state index in [2.05, 4.69) is 167 Å². The van der Waals surface area contributed by atoms with Gasteiger partial charge in [-0.05, 0) is 70.8 Å². The molecule has 7 heteroatoms. The van der Waals surface area contributed by atoms with Crippen LogP contribution in [0.15, 0.2) is 235 Å². The highest BCUT2D eigenvalue weighted by molar-refractivity contribution is 6.26. The predicted molar refractivity (Wildman–Crippen MR) is 288 cm³/mol. The van der Waals surface area contributed by atoms with Gasteiger partial charge in [-0.2, -0.15) is 5.26 Å². The molecular weight excluding hydrogens is 869 g/mol. The molecule has 14 rings (SSSR count). The van der Waals surface area contributed by atoms with Crippen molar-refractivity contribution in [2.75, 3.05) is 0 Å². The summed E-state index contributed by atoms with van der Waals surface area (Å²) in [5.41, 5.74) is 14.7. The van der Waals surface area contributed by atoms with Gasteiger partial charge in [0.25, 0.3) is 0 Å². The molecule has 71 heavy (non-hydrogen) atoms. The lowest BCUT2D eigenvalue weighted by Gasteiger charge is -2.14. The summed E-state index contributed by atoms with van der Waals surface area (Å²) in [6.45, 7) is 0. The first kappa shape index (κ1) is 40.2. The number of nitrogens with zero attached hydrogens (tertiary/aromatic N) is 6. The normalized spacial score (nSPS) is 11.6. The van der Waals surface area contributed by atoms with Crippen LogP contribution < -0.4 is 0 Å². The van der Waals surface area contributed by atoms with Gasteiger partial charge in [0.2, 0.25) is 0 Å². The second-order valence-electron chi connectivity index (χ2n) is 17.8. The quantitative estimate of drug-likeness (QED) is 0.159. The van der Waals surface area contributed by atoms with Crippen LogP contribution in [0.5, 0.6) is 0 Å². The number of para-hydroxylation sites is 4. The maximum atomic E-state index is 11.2. The summed E-state index contributed by atoms with van der Waals surface area (Å²) in [4.78, 5) is 15.5. The van der Waals surface area contributed by atoms with Gasteiger partial charge >= 0.3 is 0 Å². The Bertz CT molecular complexity index is 4460. The molecule has 14 aromatic rings. The van der Waals surface area contributed by atoms with Crippen LogP contribution in [0.1, 0.15) is 5.56 Å². The van der Waals surface area contributed by atoms with Crippen LogP contribution in [0, 0.1) is 11.3 Å². The standard InChI is InChI=1S/C64H38N6O/c65-39-45-38-44(63-66-62(43-32-30-41(31-33-43)40-16-3-1-4-17-40)67-64(68-63)51-23-8-7-20-46(51)42-18-5-2-6-19-42)34-36-53(45)70-54-26-12-9-21-47(54)49-35-37-56-59(60(49)70)52-24-10-13-27-55(52)69(56)57-28-15-25-50-48-22-11-14-29-58(48)71-61(50)57/h1-38H. The van der Waals surface area contributed by atoms with Gasteiger partial charge in [0, 0.05) is 49.0 Å². The fraction of sp³-hybridized carbons (Fsp3) is 0. The minimum Gasteiger partial charge on any atom is -0.454 e. The van der Waals surface area contributed by atoms with Crippen LogP contribution >= 0.6 is 0 Å². The Morgan fingerprint density at radius 1 is 0.366 bits per heavy atom. The molecule has 0 aliphatic rings. The van der Waals surface area contributed by atoms with E-state index in [1.54, 1.807) is 0 Å². The molecule has 4 heterocycles. The first-order valence-corrected chi connectivity index (χ1v) is 23.7. The molecule has 0 atom stereocenters. The van der Waals surface area contributed by atoms with Crippen molar-refractivity contribution < 1.29 is 4.42 Å². The number of rotatable bonds is 7. The van der Waals surface area contributed by atoms with Crippen molar-refractivity contribution in [1.29, 1.82) is 5.26 Å². The van der Waals surface area contributed by atoms with Crippen LogP contribution in [0.4, 0.5) is 0 Å². The number of hydrogen-bond donors (Lipinski definition) is 0. The fourth-order valence-corrected chi connectivity index (χ4v) is 10.6. The zero-order valence-electron chi connectivity index (χ0n) is 38.0. The van der Waals surface area contributed by atoms with Crippen molar-refractivity contribution in [3.8, 4) is 73.9 Å². The number of fused-ring (bicyclic) bond motifs is 10. The van der Waals surface area contributed by atoms with Gasteiger partial charge in [-0.25, -0.2) is 15.0 Å². The molecule has 0 amide bonds. The van der Waals surface area contributed by atoms with Crippen molar-refractivity contribution in [3.05, 3.63) is 236 Å². The van der Waals surface area contributed by atoms with Gasteiger partial charge in [-0.15, -0.1) is 0 Å². The average Bonchev–Trinajstić information content (AvgIpc) is 4.12. The zero-order chi connectivity index (χ0) is 47.0. The van der Waals surface area contributed by atoms with Crippen molar-refractivity contribution in [2.24, 2.45) is 0 Å². The molecule has 0 unspecified atom stereocenters. The number of nitriles is 1. The summed E-state index contributed by atoms with van der Waals surface area (Å²) in [6.07, 6.45) is 0. The maximum Gasteiger partial charge on any atom is 0.164 e. The van der Waals surface area contributed by atoms with Crippen molar-refractivity contribution in [3.63, 3.8) is 0 Å². The Morgan fingerprint density at radius 3 is 1.72 bits per heavy atom. The molecule has 0 N–H and O–H groups in total. The Labute approximate surface area is 407 Å². The molecular formula is C64H38N6O. The Balaban J connectivity index is 0.979. The van der Waals surface area contributed by atoms with Crippen LogP contribution in [0.25, 0.3) is 133 Å². The minimum absolute atomic E-state index is 0.468. The predicted octanol–water partition coefficient (Wildman–Crippen LogP) is 16.2. The third kappa shape index (κ3) is 6.40. The molecule has 0 aliphatic heterocycles. The van der Waals surface area contributed by atoms with Crippen LogP contribution in [0.3, 0.4) is 0 Å². The summed E-state index contributed by atoms with van der Waals surface area (Å²) >= 11 is 0. The van der Waals surface area contributed by atoms with E-state index >= 15 is 0 Å². The third-order valence-electron chi connectivity index (χ3n) is 13.8. The van der Waals surface area contributed by atoms with Crippen LogP contribution in [-0.2, 0) is 0 Å². The molecule has 4 aromatic heterocycles. The van der Waals surface area contributed by atoms with Gasteiger partial charge in [0.05, 0.1) is 39.0 Å². The van der Waals surface area contributed by atoms with Gasteiger partial charge in [-0.3, -0.25) is 0 Å². The molecule has 0 saturated carbocycles. The number of hydrogen-bond acceptors (Lipinski definition) is 5. The highest BCUT2D eigenvalue weighted by atomic mass is 16.3. The molecule has 0 radical (unpaired) electrons. The summed E-state index contributed by atoms with van der Waals surface area (Å²) < 4.78 is 11.2. The van der Waals surface area contributed by atoms with Gasteiger partial charge in [-0.1, -0.05) is 182 Å². The van der Waals surface area contributed by atoms with Crippen molar-refractivity contribution in [1.82, 2.24) is 24.1 Å². The highest BCUT2D eigenvalue weighted by Gasteiger charge is 2.24. The monoisotopic (exact) mass is 906 g/mol. The zero-order valence-corrected chi connectivity index (χ0v) is 38.0. The Kier molecular flexibility index (Phi) is 9.13. The molecule has 10 aromatic carbocycles. The van der Waals surface area contributed by atoms with Crippen LogP contribution in [-0.4, -0.2) is 24.1 Å². The maximum absolute atomic E-state index is 11.2. The van der Waals surface area contributed by atoms with E-state index in [4.69, 9.17) is 19.4 Å². The Morgan fingerprint density at radius 2 is 0.944 bits per heavy atom. The molecule has 0 fully saturated rings. The number of benzene rings is 10. The molecule has 0 saturated heterocycles. The molecule has 7 nitrogen and oxygen atoms in total. The largest absolute Gasteiger partial charge is 0.454 e. The minimum atomic E-state index is 0.468. The van der Waals surface area contributed by atoms with Crippen molar-refractivity contribution >= 4 is 65.6 Å². The lowest BCUT2D eigenvalue weighted by Crippen LogP contribution is -2.03. The van der Waals surface area contributed by atoms with Gasteiger partial charge < -0.3 is 13.6 Å². The van der Waals surface area contributed by atoms with E-state index in [-0.39, 0.29) is 0 Å². The van der Waals surface area contributed by atoms with E-state index in [1.807, 2.05) is 78.9 Å². The lowest BCUT2D eigenvalue weighted by molar-refractivity contribution is 0.666. The molecule has 330 valence electrons. The SMILES string of the molecule is N#Cc1cc(-c2nc(-c3ccc(-c4ccccc4)cc3)nc(-c3ccccc3-c3ccccc3)n2)ccc1-n1c2ccccc2c2ccc3c(c4ccccc4n3-c3cccc4c3oc3ccccc34)c21. The van der Waals surface area contributed by atoms with E-state index in [0.29, 0.717) is 28.6 Å². The number of aromatic nitrogens is 5. The van der Waals surface area contributed by atoms with Gasteiger partial charge in [0.15, 0.2) is 23.1 Å². The topological polar surface area (TPSA) is 85.5 Å².